The quantitative estimate of drug-likeness (QED) is 0.494. The third kappa shape index (κ3) is 6.08. The monoisotopic (exact) mass is 482 g/mol. The van der Waals surface area contributed by atoms with Gasteiger partial charge in [0.15, 0.2) is 11.5 Å². The van der Waals surface area contributed by atoms with Crippen LogP contribution < -0.4 is 19.1 Å². The van der Waals surface area contributed by atoms with Crippen LogP contribution in [0.1, 0.15) is 32.6 Å². The number of methoxy groups -OCH3 is 2. The van der Waals surface area contributed by atoms with Gasteiger partial charge in [-0.3, -0.25) is 9.10 Å². The van der Waals surface area contributed by atoms with Crippen LogP contribution >= 0.6 is 0 Å². The smallest absolute Gasteiger partial charge is 0.251 e. The Morgan fingerprint density at radius 1 is 0.882 bits per heavy atom. The first-order valence-corrected chi connectivity index (χ1v) is 12.6. The molecule has 0 radical (unpaired) electrons. The minimum absolute atomic E-state index is 0.177. The summed E-state index contributed by atoms with van der Waals surface area (Å²) in [4.78, 5) is 12.6. The average Bonchev–Trinajstić information content (AvgIpc) is 2.81. The Balaban J connectivity index is 1.70. The zero-order valence-electron chi connectivity index (χ0n) is 20.1. The molecule has 0 spiro atoms. The van der Waals surface area contributed by atoms with Crippen LogP contribution in [0.15, 0.2) is 60.7 Å². The molecule has 3 aromatic carbocycles. The molecular formula is C26H30N2O5S. The minimum Gasteiger partial charge on any atom is -0.493 e. The number of ether oxygens (including phenoxy) is 2. The molecule has 34 heavy (non-hydrogen) atoms. The number of hydrogen-bond donors (Lipinski definition) is 1. The van der Waals surface area contributed by atoms with Gasteiger partial charge in [0, 0.05) is 12.1 Å². The SMILES string of the molecule is COc1ccc(CNC(=O)c2ccc(CN(c3ccc(C)cc3C)S(C)(=O)=O)cc2)cc1OC. The third-order valence-electron chi connectivity index (χ3n) is 5.46. The van der Waals surface area contributed by atoms with Crippen molar-refractivity contribution in [2.75, 3.05) is 24.8 Å². The highest BCUT2D eigenvalue weighted by atomic mass is 32.2. The van der Waals surface area contributed by atoms with E-state index in [9.17, 15) is 13.2 Å². The van der Waals surface area contributed by atoms with Crippen LogP contribution in [0.4, 0.5) is 5.69 Å². The molecule has 0 aliphatic heterocycles. The van der Waals surface area contributed by atoms with Crippen molar-refractivity contribution >= 4 is 21.6 Å². The standard InChI is InChI=1S/C26H30N2O5S/c1-18-6-12-23(19(2)14-18)28(34(5,30)31)17-20-7-10-22(11-8-20)26(29)27-16-21-9-13-24(32-3)25(15-21)33-4/h6-15H,16-17H2,1-5H3,(H,27,29). The number of aryl methyl sites for hydroxylation is 2. The summed E-state index contributed by atoms with van der Waals surface area (Å²) < 4.78 is 36.9. The Labute approximate surface area is 201 Å². The maximum atomic E-state index is 12.6. The number of benzene rings is 3. The van der Waals surface area contributed by atoms with Gasteiger partial charge in [-0.25, -0.2) is 8.42 Å². The zero-order valence-corrected chi connectivity index (χ0v) is 20.9. The first-order chi connectivity index (χ1) is 16.1. The summed E-state index contributed by atoms with van der Waals surface area (Å²) in [6.07, 6.45) is 1.20. The van der Waals surface area contributed by atoms with E-state index in [0.29, 0.717) is 29.3 Å². The summed E-state index contributed by atoms with van der Waals surface area (Å²) in [6, 6.07) is 18.1. The van der Waals surface area contributed by atoms with Gasteiger partial charge in [-0.2, -0.15) is 0 Å². The lowest BCUT2D eigenvalue weighted by atomic mass is 10.1. The maximum Gasteiger partial charge on any atom is 0.251 e. The van der Waals surface area contributed by atoms with Gasteiger partial charge in [0.1, 0.15) is 0 Å². The minimum atomic E-state index is -3.49. The molecule has 0 aliphatic rings. The molecule has 0 heterocycles. The second-order valence-electron chi connectivity index (χ2n) is 8.13. The number of carbonyl (C=O) groups excluding carboxylic acids is 1. The number of rotatable bonds is 9. The number of amides is 1. The van der Waals surface area contributed by atoms with E-state index >= 15 is 0 Å². The van der Waals surface area contributed by atoms with Gasteiger partial charge in [-0.05, 0) is 60.9 Å². The van der Waals surface area contributed by atoms with Crippen LogP contribution in [-0.2, 0) is 23.1 Å². The largest absolute Gasteiger partial charge is 0.493 e. The summed E-state index contributed by atoms with van der Waals surface area (Å²) in [5.74, 6) is 0.991. The van der Waals surface area contributed by atoms with Gasteiger partial charge in [-0.15, -0.1) is 0 Å². The number of hydrogen-bond acceptors (Lipinski definition) is 5. The number of anilines is 1. The Morgan fingerprint density at radius 2 is 1.53 bits per heavy atom. The number of nitrogens with zero attached hydrogens (tertiary/aromatic N) is 1. The summed E-state index contributed by atoms with van der Waals surface area (Å²) in [6.45, 7) is 4.37. The number of nitrogens with one attached hydrogen (secondary N) is 1. The molecule has 7 nitrogen and oxygen atoms in total. The van der Waals surface area contributed by atoms with Gasteiger partial charge in [0.05, 0.1) is 32.7 Å². The number of carbonyl (C=O) groups is 1. The van der Waals surface area contributed by atoms with Crippen molar-refractivity contribution in [1.29, 1.82) is 0 Å². The van der Waals surface area contributed by atoms with Crippen molar-refractivity contribution in [3.63, 3.8) is 0 Å². The highest BCUT2D eigenvalue weighted by molar-refractivity contribution is 7.92. The lowest BCUT2D eigenvalue weighted by Gasteiger charge is -2.24. The second kappa shape index (κ2) is 10.6. The van der Waals surface area contributed by atoms with E-state index in [4.69, 9.17) is 9.47 Å². The maximum absolute atomic E-state index is 12.6. The Kier molecular flexibility index (Phi) is 7.83. The highest BCUT2D eigenvalue weighted by Crippen LogP contribution is 2.28. The molecule has 3 aromatic rings. The van der Waals surface area contributed by atoms with Crippen LogP contribution in [0.25, 0.3) is 0 Å². The van der Waals surface area contributed by atoms with E-state index in [1.807, 2.05) is 44.2 Å². The Hall–Kier alpha value is -3.52. The molecular weight excluding hydrogens is 452 g/mol. The predicted octanol–water partition coefficient (Wildman–Crippen LogP) is 4.22. The van der Waals surface area contributed by atoms with Crippen LogP contribution in [0.2, 0.25) is 0 Å². The van der Waals surface area contributed by atoms with Gasteiger partial charge >= 0.3 is 0 Å². The van der Waals surface area contributed by atoms with E-state index in [1.165, 1.54) is 10.6 Å². The molecule has 0 aliphatic carbocycles. The fraction of sp³-hybridized carbons (Fsp3) is 0.269. The lowest BCUT2D eigenvalue weighted by Crippen LogP contribution is -2.30. The van der Waals surface area contributed by atoms with Crippen molar-refractivity contribution < 1.29 is 22.7 Å². The topological polar surface area (TPSA) is 84.9 Å². The summed E-state index contributed by atoms with van der Waals surface area (Å²) in [7, 11) is -0.361. The molecule has 0 saturated carbocycles. The zero-order chi connectivity index (χ0) is 24.9. The van der Waals surface area contributed by atoms with Crippen LogP contribution in [0.3, 0.4) is 0 Å². The molecule has 1 amide bonds. The molecule has 8 heteroatoms. The van der Waals surface area contributed by atoms with E-state index in [0.717, 1.165) is 22.3 Å². The molecule has 1 N–H and O–H groups in total. The fourth-order valence-corrected chi connectivity index (χ4v) is 4.61. The van der Waals surface area contributed by atoms with Crippen molar-refractivity contribution in [3.05, 3.63) is 88.5 Å². The Bertz CT molecular complexity index is 1270. The highest BCUT2D eigenvalue weighted by Gasteiger charge is 2.20. The second-order valence-corrected chi connectivity index (χ2v) is 10.0. The van der Waals surface area contributed by atoms with Crippen molar-refractivity contribution in [1.82, 2.24) is 5.32 Å². The van der Waals surface area contributed by atoms with Crippen molar-refractivity contribution in [2.45, 2.75) is 26.9 Å². The van der Waals surface area contributed by atoms with Crippen LogP contribution in [-0.4, -0.2) is 34.8 Å². The molecule has 0 aromatic heterocycles. The summed E-state index contributed by atoms with van der Waals surface area (Å²) in [5.41, 5.74) is 4.74. The Morgan fingerprint density at radius 3 is 2.12 bits per heavy atom. The molecule has 3 rings (SSSR count). The first-order valence-electron chi connectivity index (χ1n) is 10.8. The van der Waals surface area contributed by atoms with E-state index in [-0.39, 0.29) is 12.5 Å². The number of sulfonamides is 1. The third-order valence-corrected chi connectivity index (χ3v) is 6.59. The van der Waals surface area contributed by atoms with Gasteiger partial charge < -0.3 is 14.8 Å². The van der Waals surface area contributed by atoms with Gasteiger partial charge in [0.2, 0.25) is 10.0 Å². The first kappa shape index (κ1) is 25.1. The summed E-state index contributed by atoms with van der Waals surface area (Å²) in [5, 5.41) is 2.89. The van der Waals surface area contributed by atoms with E-state index in [2.05, 4.69) is 5.32 Å². The average molecular weight is 483 g/mol. The molecule has 180 valence electrons. The molecule has 0 bridgehead atoms. The van der Waals surface area contributed by atoms with E-state index < -0.39 is 10.0 Å². The van der Waals surface area contributed by atoms with Crippen molar-refractivity contribution in [3.8, 4) is 11.5 Å². The predicted molar refractivity (Wildman–Crippen MR) is 134 cm³/mol. The van der Waals surface area contributed by atoms with Gasteiger partial charge in [0.25, 0.3) is 5.91 Å². The fourth-order valence-electron chi connectivity index (χ4n) is 3.67. The van der Waals surface area contributed by atoms with Crippen LogP contribution in [0.5, 0.6) is 11.5 Å². The molecule has 0 unspecified atom stereocenters. The lowest BCUT2D eigenvalue weighted by molar-refractivity contribution is 0.0951. The van der Waals surface area contributed by atoms with Crippen molar-refractivity contribution in [2.24, 2.45) is 0 Å². The summed E-state index contributed by atoms with van der Waals surface area (Å²) >= 11 is 0. The molecule has 0 saturated heterocycles. The molecule has 0 fully saturated rings. The molecule has 0 atom stereocenters. The normalized spacial score (nSPS) is 11.1. The van der Waals surface area contributed by atoms with Gasteiger partial charge in [-0.1, -0.05) is 35.9 Å². The van der Waals surface area contributed by atoms with Crippen LogP contribution in [0, 0.1) is 13.8 Å². The van der Waals surface area contributed by atoms with E-state index in [1.54, 1.807) is 44.6 Å².